The second-order valence-electron chi connectivity index (χ2n) is 11.9. The fourth-order valence-corrected chi connectivity index (χ4v) is 8.38. The zero-order valence-corrected chi connectivity index (χ0v) is 20.3. The van der Waals surface area contributed by atoms with Gasteiger partial charge in [0.2, 0.25) is 0 Å². The fourth-order valence-electron chi connectivity index (χ4n) is 8.38. The molecule has 0 bridgehead atoms. The number of rotatable bonds is 5. The fraction of sp³-hybridized carbons (Fsp3) is 0.759. The zero-order chi connectivity index (χ0) is 21.7. The molecule has 4 rings (SSSR count). The third kappa shape index (κ3) is 3.39. The lowest BCUT2D eigenvalue weighted by atomic mass is 9.47. The van der Waals surface area contributed by atoms with Crippen LogP contribution in [0.1, 0.15) is 92.9 Å². The third-order valence-corrected chi connectivity index (χ3v) is 10.3. The molecule has 0 unspecified atom stereocenters. The van der Waals surface area contributed by atoms with Gasteiger partial charge in [-0.2, -0.15) is 0 Å². The van der Waals surface area contributed by atoms with Gasteiger partial charge in [0.1, 0.15) is 0 Å². The topological polar surface area (TPSA) is 17.1 Å². The number of allylic oxidation sites excluding steroid dienone is 6. The Morgan fingerprint density at radius 3 is 2.60 bits per heavy atom. The van der Waals surface area contributed by atoms with Crippen LogP contribution in [0.4, 0.5) is 0 Å². The lowest BCUT2D eigenvalue weighted by molar-refractivity contribution is -0.133. The first-order valence-corrected chi connectivity index (χ1v) is 12.8. The Labute approximate surface area is 185 Å². The van der Waals surface area contributed by atoms with E-state index in [1.165, 1.54) is 56.9 Å². The molecule has 0 aromatic heterocycles. The second-order valence-corrected chi connectivity index (χ2v) is 11.9. The highest BCUT2D eigenvalue weighted by atomic mass is 16.1. The van der Waals surface area contributed by atoms with Gasteiger partial charge in [-0.3, -0.25) is 4.79 Å². The van der Waals surface area contributed by atoms with Crippen LogP contribution in [-0.2, 0) is 4.79 Å². The standard InChI is InChI=1S/C29H44O/c1-7-21(19(2)3)12-11-20(4)23-13-14-24-27-25(15-17-29(23,24)6)28(5)16-9-8-10-22(28)18-26(27)30/h7-8,10,18-20,23-25,27H,9,11-17H2,1-6H3/b21-7+/t20-,23-,24+,25+,27+,28+,29-/m1/s1. The van der Waals surface area contributed by atoms with E-state index < -0.39 is 0 Å². The Balaban J connectivity index is 1.54. The van der Waals surface area contributed by atoms with Crippen molar-refractivity contribution in [3.8, 4) is 0 Å². The van der Waals surface area contributed by atoms with Gasteiger partial charge in [-0.05, 0) is 110 Å². The molecule has 2 fully saturated rings. The van der Waals surface area contributed by atoms with E-state index in [9.17, 15) is 4.79 Å². The van der Waals surface area contributed by atoms with Gasteiger partial charge in [0.25, 0.3) is 0 Å². The molecular weight excluding hydrogens is 364 g/mol. The highest BCUT2D eigenvalue weighted by Crippen LogP contribution is 2.66. The molecule has 0 radical (unpaired) electrons. The van der Waals surface area contributed by atoms with Crippen molar-refractivity contribution in [3.63, 3.8) is 0 Å². The maximum Gasteiger partial charge on any atom is 0.159 e. The van der Waals surface area contributed by atoms with E-state index in [2.05, 4.69) is 65.8 Å². The van der Waals surface area contributed by atoms with Gasteiger partial charge in [0, 0.05) is 5.92 Å². The molecule has 0 heterocycles. The lowest BCUT2D eigenvalue weighted by Crippen LogP contribution is -2.52. The highest BCUT2D eigenvalue weighted by molar-refractivity contribution is 5.95. The summed E-state index contributed by atoms with van der Waals surface area (Å²) < 4.78 is 0. The summed E-state index contributed by atoms with van der Waals surface area (Å²) in [4.78, 5) is 13.4. The molecule has 1 nitrogen and oxygen atoms in total. The average molecular weight is 409 g/mol. The van der Waals surface area contributed by atoms with Crippen LogP contribution in [0, 0.1) is 46.3 Å². The summed E-state index contributed by atoms with van der Waals surface area (Å²) in [6.45, 7) is 14.4. The molecule has 0 amide bonds. The van der Waals surface area contributed by atoms with E-state index in [4.69, 9.17) is 0 Å². The molecule has 166 valence electrons. The molecule has 0 N–H and O–H groups in total. The minimum absolute atomic E-state index is 0.233. The van der Waals surface area contributed by atoms with E-state index >= 15 is 0 Å². The van der Waals surface area contributed by atoms with Crippen molar-refractivity contribution >= 4 is 5.78 Å². The Kier molecular flexibility index (Phi) is 5.97. The maximum atomic E-state index is 13.4. The van der Waals surface area contributed by atoms with Crippen LogP contribution in [0.25, 0.3) is 0 Å². The summed E-state index contributed by atoms with van der Waals surface area (Å²) in [5.41, 5.74) is 3.54. The smallest absolute Gasteiger partial charge is 0.159 e. The largest absolute Gasteiger partial charge is 0.295 e. The second kappa shape index (κ2) is 8.10. The molecule has 30 heavy (non-hydrogen) atoms. The lowest BCUT2D eigenvalue weighted by Gasteiger charge is -2.56. The molecule has 0 aromatic carbocycles. The number of hydrogen-bond acceptors (Lipinski definition) is 1. The number of carbonyl (C=O) groups is 1. The number of hydrogen-bond donors (Lipinski definition) is 0. The molecule has 0 saturated heterocycles. The first-order valence-electron chi connectivity index (χ1n) is 12.8. The molecular formula is C29H44O. The van der Waals surface area contributed by atoms with Gasteiger partial charge in [0.05, 0.1) is 0 Å². The van der Waals surface area contributed by atoms with Crippen LogP contribution in [0.5, 0.6) is 0 Å². The van der Waals surface area contributed by atoms with Gasteiger partial charge in [-0.25, -0.2) is 0 Å². The third-order valence-electron chi connectivity index (χ3n) is 10.3. The van der Waals surface area contributed by atoms with E-state index in [1.54, 1.807) is 5.57 Å². The van der Waals surface area contributed by atoms with Gasteiger partial charge in [-0.15, -0.1) is 0 Å². The number of carbonyl (C=O) groups excluding carboxylic acids is 1. The Bertz CT molecular complexity index is 767. The van der Waals surface area contributed by atoms with Crippen LogP contribution in [0.3, 0.4) is 0 Å². The Morgan fingerprint density at radius 2 is 1.90 bits per heavy atom. The van der Waals surface area contributed by atoms with E-state index in [0.717, 1.165) is 11.8 Å². The Morgan fingerprint density at radius 1 is 1.13 bits per heavy atom. The summed E-state index contributed by atoms with van der Waals surface area (Å²) in [6, 6.07) is 0. The van der Waals surface area contributed by atoms with E-state index in [0.29, 0.717) is 29.0 Å². The quantitative estimate of drug-likeness (QED) is 0.422. The van der Waals surface area contributed by atoms with Gasteiger partial charge >= 0.3 is 0 Å². The van der Waals surface area contributed by atoms with Crippen molar-refractivity contribution in [2.45, 2.75) is 92.9 Å². The predicted molar refractivity (Wildman–Crippen MR) is 127 cm³/mol. The van der Waals surface area contributed by atoms with Gasteiger partial charge in [0.15, 0.2) is 5.78 Å². The SMILES string of the molecule is C/C=C(\CC[C@@H](C)[C@H]1CC[C@H]2[C@@H]3C(=O)C=C4C=CCC[C@]4(C)[C@H]3CC[C@]12C)C(C)C. The van der Waals surface area contributed by atoms with Crippen molar-refractivity contribution in [2.24, 2.45) is 46.3 Å². The van der Waals surface area contributed by atoms with Crippen LogP contribution in [0.2, 0.25) is 0 Å². The first-order chi connectivity index (χ1) is 14.2. The zero-order valence-electron chi connectivity index (χ0n) is 20.3. The normalized spacial score (nSPS) is 41.9. The molecule has 0 spiro atoms. The molecule has 1 heteroatoms. The van der Waals surface area contributed by atoms with E-state index in [1.807, 2.05) is 0 Å². The predicted octanol–water partition coefficient (Wildman–Crippen LogP) is 7.93. The summed E-state index contributed by atoms with van der Waals surface area (Å²) >= 11 is 0. The number of ketones is 1. The monoisotopic (exact) mass is 408 g/mol. The molecule has 0 aromatic rings. The molecule has 2 saturated carbocycles. The molecule has 7 atom stereocenters. The van der Waals surface area contributed by atoms with Crippen molar-refractivity contribution in [1.29, 1.82) is 0 Å². The summed E-state index contributed by atoms with van der Waals surface area (Å²) in [5.74, 6) is 4.10. The van der Waals surface area contributed by atoms with Crippen LogP contribution >= 0.6 is 0 Å². The molecule has 0 aliphatic heterocycles. The Hall–Kier alpha value is -1.11. The van der Waals surface area contributed by atoms with Crippen molar-refractivity contribution in [2.75, 3.05) is 0 Å². The average Bonchev–Trinajstić information content (AvgIpc) is 3.05. The van der Waals surface area contributed by atoms with Crippen LogP contribution in [-0.4, -0.2) is 5.78 Å². The van der Waals surface area contributed by atoms with E-state index in [-0.39, 0.29) is 11.3 Å². The summed E-state index contributed by atoms with van der Waals surface area (Å²) in [7, 11) is 0. The summed E-state index contributed by atoms with van der Waals surface area (Å²) in [6.07, 6.45) is 19.1. The molecule has 4 aliphatic rings. The highest BCUT2D eigenvalue weighted by Gasteiger charge is 2.60. The van der Waals surface area contributed by atoms with Crippen LogP contribution < -0.4 is 0 Å². The minimum Gasteiger partial charge on any atom is -0.295 e. The van der Waals surface area contributed by atoms with Crippen molar-refractivity contribution in [1.82, 2.24) is 0 Å². The number of fused-ring (bicyclic) bond motifs is 5. The maximum absolute atomic E-state index is 13.4. The molecule has 4 aliphatic carbocycles. The minimum atomic E-state index is 0.233. The van der Waals surface area contributed by atoms with Crippen molar-refractivity contribution < 1.29 is 4.79 Å². The summed E-state index contributed by atoms with van der Waals surface area (Å²) in [5, 5.41) is 0. The first kappa shape index (κ1) is 22.1. The van der Waals surface area contributed by atoms with Crippen molar-refractivity contribution in [3.05, 3.63) is 35.5 Å². The van der Waals surface area contributed by atoms with Gasteiger partial charge < -0.3 is 0 Å². The van der Waals surface area contributed by atoms with Gasteiger partial charge in [-0.1, -0.05) is 58.4 Å². The van der Waals surface area contributed by atoms with Crippen LogP contribution in [0.15, 0.2) is 35.5 Å².